The van der Waals surface area contributed by atoms with Crippen LogP contribution in [-0.2, 0) is 14.3 Å². The summed E-state index contributed by atoms with van der Waals surface area (Å²) in [6.07, 6.45) is 1.83. The summed E-state index contributed by atoms with van der Waals surface area (Å²) in [4.78, 5) is 20.4. The van der Waals surface area contributed by atoms with Crippen molar-refractivity contribution in [1.82, 2.24) is 0 Å². The Morgan fingerprint density at radius 3 is 2.00 bits per heavy atom. The van der Waals surface area contributed by atoms with Crippen LogP contribution in [0.3, 0.4) is 0 Å². The molecule has 0 unspecified atom stereocenters. The van der Waals surface area contributed by atoms with Crippen molar-refractivity contribution in [3.8, 4) is 6.07 Å². The fraction of sp³-hybridized carbons (Fsp3) is 0.700. The van der Waals surface area contributed by atoms with Crippen molar-refractivity contribution in [3.05, 3.63) is 0 Å². The number of nitrogens with zero attached hydrogens (tertiary/aromatic N) is 1. The van der Waals surface area contributed by atoms with Crippen molar-refractivity contribution < 1.29 is 14.3 Å². The fourth-order valence-electron chi connectivity index (χ4n) is 0.510. The summed E-state index contributed by atoms with van der Waals surface area (Å²) >= 11 is 0. The van der Waals surface area contributed by atoms with E-state index in [1.165, 1.54) is 7.11 Å². The van der Waals surface area contributed by atoms with Crippen LogP contribution < -0.4 is 0 Å². The van der Waals surface area contributed by atoms with Gasteiger partial charge in [-0.15, -0.1) is 0 Å². The van der Waals surface area contributed by atoms with Gasteiger partial charge in [0.05, 0.1) is 19.6 Å². The maximum Gasteiger partial charge on any atom is 0.306 e. The molecule has 0 aliphatic rings. The van der Waals surface area contributed by atoms with Gasteiger partial charge >= 0.3 is 5.97 Å². The number of hydrogen-bond acceptors (Lipinski definition) is 4. The minimum atomic E-state index is -0.327. The van der Waals surface area contributed by atoms with Gasteiger partial charge in [0.1, 0.15) is 5.78 Å². The molecule has 0 heterocycles. The van der Waals surface area contributed by atoms with Crippen molar-refractivity contribution >= 4 is 11.8 Å². The van der Waals surface area contributed by atoms with Gasteiger partial charge in [-0.1, -0.05) is 13.8 Å². The van der Waals surface area contributed by atoms with E-state index in [0.717, 1.165) is 0 Å². The largest absolute Gasteiger partial charge is 0.469 e. The Hall–Kier alpha value is -1.37. The molecule has 0 aromatic heterocycles. The lowest BCUT2D eigenvalue weighted by Crippen LogP contribution is -1.97. The Labute approximate surface area is 84.9 Å². The van der Waals surface area contributed by atoms with Crippen molar-refractivity contribution in [2.75, 3.05) is 7.11 Å². The van der Waals surface area contributed by atoms with Crippen LogP contribution in [0.1, 0.15) is 39.5 Å². The molecule has 0 fully saturated rings. The van der Waals surface area contributed by atoms with Gasteiger partial charge in [0.15, 0.2) is 0 Å². The van der Waals surface area contributed by atoms with E-state index in [9.17, 15) is 9.59 Å². The second-order valence-corrected chi connectivity index (χ2v) is 2.48. The monoisotopic (exact) mass is 199 g/mol. The summed E-state index contributed by atoms with van der Waals surface area (Å²) < 4.78 is 4.26. The summed E-state index contributed by atoms with van der Waals surface area (Å²) in [6, 6.07) is 1.83. The molecule has 0 spiro atoms. The quantitative estimate of drug-likeness (QED) is 0.648. The lowest BCUT2D eigenvalue weighted by molar-refractivity contribution is -0.140. The SMILES string of the molecule is CCC(=O)CC.COC(=O)CCC#N. The van der Waals surface area contributed by atoms with E-state index in [4.69, 9.17) is 5.26 Å². The molecule has 0 aromatic carbocycles. The highest BCUT2D eigenvalue weighted by Gasteiger charge is 1.95. The molecule has 0 aliphatic heterocycles. The lowest BCUT2D eigenvalue weighted by Gasteiger charge is -1.90. The Balaban J connectivity index is 0. The zero-order chi connectivity index (χ0) is 11.4. The minimum Gasteiger partial charge on any atom is -0.469 e. The molecular formula is C10H17NO3. The predicted octanol–water partition coefficient (Wildman–Crippen LogP) is 1.84. The van der Waals surface area contributed by atoms with Crippen molar-refractivity contribution in [3.63, 3.8) is 0 Å². The summed E-state index contributed by atoms with van der Waals surface area (Å²) in [6.45, 7) is 3.76. The molecule has 0 aromatic rings. The van der Waals surface area contributed by atoms with Gasteiger partial charge in [0, 0.05) is 19.3 Å². The molecule has 0 aliphatic carbocycles. The third kappa shape index (κ3) is 13.2. The van der Waals surface area contributed by atoms with Gasteiger partial charge in [-0.25, -0.2) is 0 Å². The number of esters is 1. The number of carbonyl (C=O) groups excluding carboxylic acids is 2. The highest BCUT2D eigenvalue weighted by Crippen LogP contribution is 1.87. The van der Waals surface area contributed by atoms with Crippen LogP contribution in [0, 0.1) is 11.3 Å². The van der Waals surface area contributed by atoms with Crippen molar-refractivity contribution in [2.24, 2.45) is 0 Å². The number of nitriles is 1. The third-order valence-corrected chi connectivity index (χ3v) is 1.46. The standard InChI is InChI=1S/C5H7NO2.C5H10O/c1-8-5(7)3-2-4-6;1-3-5(6)4-2/h2-3H2,1H3;3-4H2,1-2H3. The van der Waals surface area contributed by atoms with E-state index in [1.807, 2.05) is 19.9 Å². The first kappa shape index (κ1) is 15.1. The molecule has 0 rings (SSSR count). The van der Waals surface area contributed by atoms with E-state index in [1.54, 1.807) is 0 Å². The first-order valence-electron chi connectivity index (χ1n) is 4.57. The van der Waals surface area contributed by atoms with Crippen LogP contribution in [0.5, 0.6) is 0 Å². The molecule has 14 heavy (non-hydrogen) atoms. The molecule has 0 amide bonds. The van der Waals surface area contributed by atoms with E-state index in [-0.39, 0.29) is 18.8 Å². The molecule has 80 valence electrons. The van der Waals surface area contributed by atoms with Crippen LogP contribution >= 0.6 is 0 Å². The number of ether oxygens (including phenoxy) is 1. The molecule has 4 nitrogen and oxygen atoms in total. The zero-order valence-electron chi connectivity index (χ0n) is 9.00. The zero-order valence-corrected chi connectivity index (χ0v) is 9.00. The number of Topliss-reactive ketones (excluding diaryl/α,β-unsaturated/α-hetero) is 1. The summed E-state index contributed by atoms with van der Waals surface area (Å²) in [5.74, 6) is 0.0153. The first-order chi connectivity index (χ1) is 6.62. The van der Waals surface area contributed by atoms with Gasteiger partial charge in [0.2, 0.25) is 0 Å². The Morgan fingerprint density at radius 2 is 1.79 bits per heavy atom. The Kier molecular flexibility index (Phi) is 12.6. The summed E-state index contributed by atoms with van der Waals surface area (Å²) in [5.41, 5.74) is 0. The van der Waals surface area contributed by atoms with Crippen LogP contribution in [0.2, 0.25) is 0 Å². The molecule has 0 bridgehead atoms. The average Bonchev–Trinajstić information content (AvgIpc) is 2.25. The summed E-state index contributed by atoms with van der Waals surface area (Å²) in [7, 11) is 1.31. The smallest absolute Gasteiger partial charge is 0.306 e. The molecule has 4 heteroatoms. The normalized spacial score (nSPS) is 7.86. The van der Waals surface area contributed by atoms with Crippen LogP contribution in [0.4, 0.5) is 0 Å². The van der Waals surface area contributed by atoms with Crippen LogP contribution in [-0.4, -0.2) is 18.9 Å². The topological polar surface area (TPSA) is 67.2 Å². The van der Waals surface area contributed by atoms with Gasteiger partial charge in [-0.05, 0) is 0 Å². The van der Waals surface area contributed by atoms with E-state index in [0.29, 0.717) is 18.6 Å². The number of methoxy groups -OCH3 is 1. The summed E-state index contributed by atoms with van der Waals surface area (Å²) in [5, 5.41) is 7.95. The second-order valence-electron chi connectivity index (χ2n) is 2.48. The van der Waals surface area contributed by atoms with E-state index in [2.05, 4.69) is 4.74 Å². The molecule has 0 atom stereocenters. The molecule has 0 saturated carbocycles. The number of rotatable bonds is 4. The van der Waals surface area contributed by atoms with Gasteiger partial charge in [0.25, 0.3) is 0 Å². The number of ketones is 1. The highest BCUT2D eigenvalue weighted by atomic mass is 16.5. The van der Waals surface area contributed by atoms with Crippen LogP contribution in [0.15, 0.2) is 0 Å². The second kappa shape index (κ2) is 11.6. The van der Waals surface area contributed by atoms with Gasteiger partial charge in [-0.2, -0.15) is 5.26 Å². The molecule has 0 radical (unpaired) electrons. The van der Waals surface area contributed by atoms with Gasteiger partial charge in [-0.3, -0.25) is 9.59 Å². The minimum absolute atomic E-state index is 0.201. The Bertz CT molecular complexity index is 200. The van der Waals surface area contributed by atoms with Crippen molar-refractivity contribution in [1.29, 1.82) is 5.26 Å². The number of carbonyl (C=O) groups is 2. The maximum atomic E-state index is 10.2. The maximum absolute atomic E-state index is 10.2. The van der Waals surface area contributed by atoms with Gasteiger partial charge < -0.3 is 4.74 Å². The third-order valence-electron chi connectivity index (χ3n) is 1.46. The highest BCUT2D eigenvalue weighted by molar-refractivity contribution is 5.77. The average molecular weight is 199 g/mol. The first-order valence-corrected chi connectivity index (χ1v) is 4.57. The Morgan fingerprint density at radius 1 is 1.29 bits per heavy atom. The van der Waals surface area contributed by atoms with Crippen LogP contribution in [0.25, 0.3) is 0 Å². The fourth-order valence-corrected chi connectivity index (χ4v) is 0.510. The molecular weight excluding hydrogens is 182 g/mol. The van der Waals surface area contributed by atoms with E-state index >= 15 is 0 Å². The lowest BCUT2D eigenvalue weighted by atomic mass is 10.3. The predicted molar refractivity (Wildman–Crippen MR) is 52.5 cm³/mol. The van der Waals surface area contributed by atoms with Crippen molar-refractivity contribution in [2.45, 2.75) is 39.5 Å². The molecule has 0 N–H and O–H groups in total. The molecule has 0 saturated heterocycles. The van der Waals surface area contributed by atoms with E-state index < -0.39 is 0 Å². The number of hydrogen-bond donors (Lipinski definition) is 0.